The second-order valence-corrected chi connectivity index (χ2v) is 6.94. The summed E-state index contributed by atoms with van der Waals surface area (Å²) in [5.74, 6) is 0.732. The summed E-state index contributed by atoms with van der Waals surface area (Å²) < 4.78 is 5.89. The number of rotatable bonds is 4. The van der Waals surface area contributed by atoms with Crippen molar-refractivity contribution in [1.29, 1.82) is 0 Å². The average Bonchev–Trinajstić information content (AvgIpc) is 2.94. The maximum Gasteiger partial charge on any atom is 0.270 e. The van der Waals surface area contributed by atoms with Gasteiger partial charge in [-0.05, 0) is 44.0 Å². The minimum atomic E-state index is -0.484. The lowest BCUT2D eigenvalue weighted by atomic mass is 10.1. The fourth-order valence-electron chi connectivity index (χ4n) is 3.96. The fourth-order valence-corrected chi connectivity index (χ4v) is 3.96. The molecule has 2 atom stereocenters. The smallest absolute Gasteiger partial charge is 0.270 e. The third kappa shape index (κ3) is 3.95. The van der Waals surface area contributed by atoms with Crippen molar-refractivity contribution in [1.82, 2.24) is 10.2 Å². The minimum absolute atomic E-state index is 0. The number of nitrogens with zero attached hydrogens (tertiary/aromatic N) is 2. The van der Waals surface area contributed by atoms with Gasteiger partial charge in [-0.1, -0.05) is 18.2 Å². The van der Waals surface area contributed by atoms with E-state index in [0.29, 0.717) is 11.5 Å². The van der Waals surface area contributed by atoms with Crippen molar-refractivity contribution in [2.75, 3.05) is 13.1 Å². The van der Waals surface area contributed by atoms with Crippen molar-refractivity contribution >= 4 is 24.0 Å². The molecule has 148 valence electrons. The number of benzene rings is 2. The number of nitro groups is 1. The third-order valence-electron chi connectivity index (χ3n) is 5.26. The molecule has 0 radical (unpaired) electrons. The zero-order valence-electron chi connectivity index (χ0n) is 15.2. The highest BCUT2D eigenvalue weighted by Gasteiger charge is 2.39. The number of ether oxygens (including phenoxy) is 1. The van der Waals surface area contributed by atoms with Gasteiger partial charge in [-0.15, -0.1) is 12.4 Å². The van der Waals surface area contributed by atoms with Crippen LogP contribution < -0.4 is 10.1 Å². The van der Waals surface area contributed by atoms with E-state index < -0.39 is 4.92 Å². The molecule has 0 spiro atoms. The summed E-state index contributed by atoms with van der Waals surface area (Å²) in [5.41, 5.74) is 0.130. The predicted octanol–water partition coefficient (Wildman–Crippen LogP) is 3.78. The summed E-state index contributed by atoms with van der Waals surface area (Å²) in [6, 6.07) is 13.6. The molecule has 2 unspecified atom stereocenters. The predicted molar refractivity (Wildman–Crippen MR) is 107 cm³/mol. The summed E-state index contributed by atoms with van der Waals surface area (Å²) in [6.07, 6.45) is 2.82. The van der Waals surface area contributed by atoms with Gasteiger partial charge in [-0.2, -0.15) is 0 Å². The average molecular weight is 404 g/mol. The molecule has 1 amide bonds. The first kappa shape index (κ1) is 20.1. The van der Waals surface area contributed by atoms with Crippen LogP contribution in [0.2, 0.25) is 0 Å². The minimum Gasteiger partial charge on any atom is -0.457 e. The molecular formula is C20H22ClN3O4. The van der Waals surface area contributed by atoms with Crippen molar-refractivity contribution < 1.29 is 14.5 Å². The molecule has 2 heterocycles. The number of carbonyl (C=O) groups is 1. The van der Waals surface area contributed by atoms with Gasteiger partial charge >= 0.3 is 0 Å². The van der Waals surface area contributed by atoms with Crippen LogP contribution in [-0.4, -0.2) is 40.9 Å². The van der Waals surface area contributed by atoms with Gasteiger partial charge < -0.3 is 15.0 Å². The van der Waals surface area contributed by atoms with Crippen LogP contribution in [0, 0.1) is 10.1 Å². The number of hydrogen-bond donors (Lipinski definition) is 1. The van der Waals surface area contributed by atoms with Gasteiger partial charge in [0, 0.05) is 30.8 Å². The van der Waals surface area contributed by atoms with Crippen LogP contribution in [0.4, 0.5) is 5.69 Å². The van der Waals surface area contributed by atoms with Gasteiger partial charge in [-0.3, -0.25) is 14.9 Å². The van der Waals surface area contributed by atoms with E-state index in [9.17, 15) is 14.9 Å². The molecule has 2 aromatic carbocycles. The van der Waals surface area contributed by atoms with E-state index in [1.165, 1.54) is 18.2 Å². The van der Waals surface area contributed by atoms with E-state index in [1.807, 2.05) is 23.1 Å². The molecule has 1 N–H and O–H groups in total. The van der Waals surface area contributed by atoms with E-state index >= 15 is 0 Å². The largest absolute Gasteiger partial charge is 0.457 e. The first-order valence-corrected chi connectivity index (χ1v) is 9.18. The Morgan fingerprint density at radius 2 is 1.86 bits per heavy atom. The van der Waals surface area contributed by atoms with Crippen LogP contribution in [0.25, 0.3) is 0 Å². The van der Waals surface area contributed by atoms with E-state index in [0.717, 1.165) is 32.4 Å². The molecule has 4 rings (SSSR count). The maximum absolute atomic E-state index is 13.4. The van der Waals surface area contributed by atoms with Crippen molar-refractivity contribution in [3.8, 4) is 11.5 Å². The van der Waals surface area contributed by atoms with Crippen LogP contribution in [0.5, 0.6) is 11.5 Å². The summed E-state index contributed by atoms with van der Waals surface area (Å²) in [4.78, 5) is 26.1. The Morgan fingerprint density at radius 3 is 2.61 bits per heavy atom. The zero-order chi connectivity index (χ0) is 18.8. The number of non-ortho nitro benzene ring substituents is 1. The summed E-state index contributed by atoms with van der Waals surface area (Å²) in [7, 11) is 0. The second kappa shape index (κ2) is 8.58. The highest BCUT2D eigenvalue weighted by Crippen LogP contribution is 2.34. The first-order chi connectivity index (χ1) is 13.1. The normalized spacial score (nSPS) is 20.8. The Hall–Kier alpha value is -2.64. The van der Waals surface area contributed by atoms with Crippen LogP contribution >= 0.6 is 12.4 Å². The lowest BCUT2D eigenvalue weighted by Crippen LogP contribution is -2.42. The fraction of sp³-hybridized carbons (Fsp3) is 0.350. The topological polar surface area (TPSA) is 84.7 Å². The molecule has 2 fully saturated rings. The molecule has 2 saturated heterocycles. The lowest BCUT2D eigenvalue weighted by molar-refractivity contribution is -0.384. The molecule has 0 saturated carbocycles. The maximum atomic E-state index is 13.4. The third-order valence-corrected chi connectivity index (χ3v) is 5.26. The lowest BCUT2D eigenvalue weighted by Gasteiger charge is -2.28. The molecule has 28 heavy (non-hydrogen) atoms. The number of nitro benzene ring substituents is 1. The molecular weight excluding hydrogens is 382 g/mol. The zero-order valence-corrected chi connectivity index (χ0v) is 16.1. The number of fused-ring (bicyclic) bond motifs is 2. The van der Waals surface area contributed by atoms with Gasteiger partial charge in [0.15, 0.2) is 0 Å². The molecule has 0 aromatic heterocycles. The molecule has 7 nitrogen and oxygen atoms in total. The van der Waals surface area contributed by atoms with Crippen LogP contribution in [-0.2, 0) is 0 Å². The molecule has 0 aliphatic carbocycles. The quantitative estimate of drug-likeness (QED) is 0.620. The van der Waals surface area contributed by atoms with Crippen LogP contribution in [0.15, 0.2) is 48.5 Å². The Bertz CT molecular complexity index is 848. The summed E-state index contributed by atoms with van der Waals surface area (Å²) in [6.45, 7) is 1.64. The molecule has 2 aliphatic heterocycles. The summed E-state index contributed by atoms with van der Waals surface area (Å²) in [5, 5.41) is 14.6. The molecule has 2 aliphatic rings. The number of carbonyl (C=O) groups excluding carboxylic acids is 1. The first-order valence-electron chi connectivity index (χ1n) is 9.18. The van der Waals surface area contributed by atoms with Crippen LogP contribution in [0.1, 0.15) is 29.6 Å². The van der Waals surface area contributed by atoms with Gasteiger partial charge in [0.25, 0.3) is 11.6 Å². The van der Waals surface area contributed by atoms with Gasteiger partial charge in [0.05, 0.1) is 10.5 Å². The second-order valence-electron chi connectivity index (χ2n) is 6.94. The van der Waals surface area contributed by atoms with E-state index in [2.05, 4.69) is 5.32 Å². The van der Waals surface area contributed by atoms with Gasteiger partial charge in [0.2, 0.25) is 0 Å². The number of hydrogen-bond acceptors (Lipinski definition) is 5. The van der Waals surface area contributed by atoms with Gasteiger partial charge in [-0.25, -0.2) is 0 Å². The molecule has 8 heteroatoms. The Balaban J connectivity index is 0.00000225. The molecule has 2 aromatic rings. The van der Waals surface area contributed by atoms with Crippen molar-refractivity contribution in [3.63, 3.8) is 0 Å². The highest BCUT2D eigenvalue weighted by molar-refractivity contribution is 5.98. The Labute approximate surface area is 169 Å². The van der Waals surface area contributed by atoms with Crippen molar-refractivity contribution in [2.24, 2.45) is 0 Å². The SMILES string of the molecule is Cl.O=C(c1cc([N+](=O)[O-])ccc1Oc1ccccc1)N1C2CCNCC1CC2. The van der Waals surface area contributed by atoms with Crippen molar-refractivity contribution in [3.05, 3.63) is 64.2 Å². The standard InChI is InChI=1S/C20H21N3O4.ClH/c24-20(22-14-6-7-16(22)13-21-11-10-14)18-12-15(23(25)26)8-9-19(18)27-17-4-2-1-3-5-17;/h1-5,8-9,12,14,16,21H,6-7,10-11,13H2;1H. The number of para-hydroxylation sites is 1. The highest BCUT2D eigenvalue weighted by atomic mass is 35.5. The Kier molecular flexibility index (Phi) is 6.16. The van der Waals surface area contributed by atoms with E-state index in [-0.39, 0.29) is 41.6 Å². The monoisotopic (exact) mass is 403 g/mol. The Morgan fingerprint density at radius 1 is 1.11 bits per heavy atom. The van der Waals surface area contributed by atoms with Crippen molar-refractivity contribution in [2.45, 2.75) is 31.3 Å². The number of halogens is 1. The van der Waals surface area contributed by atoms with Crippen LogP contribution in [0.3, 0.4) is 0 Å². The van der Waals surface area contributed by atoms with E-state index in [1.54, 1.807) is 12.1 Å². The molecule has 2 bridgehead atoms. The number of amides is 1. The van der Waals surface area contributed by atoms with Gasteiger partial charge in [0.1, 0.15) is 11.5 Å². The number of nitrogens with one attached hydrogen (secondary N) is 1. The van der Waals surface area contributed by atoms with E-state index in [4.69, 9.17) is 4.74 Å². The summed E-state index contributed by atoms with van der Waals surface area (Å²) >= 11 is 0.